The lowest BCUT2D eigenvalue weighted by Crippen LogP contribution is -2.17. The molecule has 0 heterocycles. The van der Waals surface area contributed by atoms with Gasteiger partial charge in [0.25, 0.3) is 0 Å². The fourth-order valence-corrected chi connectivity index (χ4v) is 2.79. The maximum absolute atomic E-state index is 5.54. The molecule has 0 radical (unpaired) electrons. The van der Waals surface area contributed by atoms with Crippen LogP contribution in [0.1, 0.15) is 25.7 Å². The van der Waals surface area contributed by atoms with Gasteiger partial charge in [0.15, 0.2) is 0 Å². The third-order valence-electron chi connectivity index (χ3n) is 3.90. The summed E-state index contributed by atoms with van der Waals surface area (Å²) in [6.45, 7) is 9.43. The fourth-order valence-electron chi connectivity index (χ4n) is 2.25. The Hall–Kier alpha value is 0.410. The molecule has 0 saturated carbocycles. The van der Waals surface area contributed by atoms with Crippen LogP contribution in [0.4, 0.5) is 0 Å². The molecule has 0 aromatic heterocycles. The van der Waals surface area contributed by atoms with Gasteiger partial charge in [-0.05, 0) is 24.3 Å². The molecule has 0 spiro atoms. The van der Waals surface area contributed by atoms with Crippen LogP contribution in [0.5, 0.6) is 0 Å². The zero-order chi connectivity index (χ0) is 21.8. The van der Waals surface area contributed by atoms with Crippen LogP contribution >= 0.6 is 22.6 Å². The van der Waals surface area contributed by atoms with Crippen molar-refractivity contribution in [2.75, 3.05) is 111 Å². The molecule has 0 atom stereocenters. The van der Waals surface area contributed by atoms with Crippen molar-refractivity contribution in [1.29, 1.82) is 0 Å². The molecule has 0 saturated heterocycles. The van der Waals surface area contributed by atoms with Gasteiger partial charge >= 0.3 is 0 Å². The molecule has 0 aliphatic carbocycles. The van der Waals surface area contributed by atoms with Crippen LogP contribution in [-0.2, 0) is 33.2 Å². The van der Waals surface area contributed by atoms with E-state index in [0.29, 0.717) is 85.9 Å². The van der Waals surface area contributed by atoms with Gasteiger partial charge in [0.1, 0.15) is 0 Å². The molecule has 0 aliphatic heterocycles. The number of rotatable bonds is 27. The fraction of sp³-hybridized carbons (Fsp3) is 1.00. The molecule has 0 unspecified atom stereocenters. The number of hydrogen-bond acceptors (Lipinski definition) is 8. The first-order valence-electron chi connectivity index (χ1n) is 11.2. The summed E-state index contributed by atoms with van der Waals surface area (Å²) in [6, 6.07) is 0. The summed E-state index contributed by atoms with van der Waals surface area (Å²) >= 11 is 2.42. The summed E-state index contributed by atoms with van der Waals surface area (Å²) in [5.74, 6) is 0. The molecule has 0 amide bonds. The first-order chi connectivity index (χ1) is 14.9. The maximum atomic E-state index is 5.54. The van der Waals surface area contributed by atoms with Crippen molar-refractivity contribution < 1.29 is 33.2 Å². The summed E-state index contributed by atoms with van der Waals surface area (Å²) in [5, 5.41) is 3.02. The molecule has 8 nitrogen and oxygen atoms in total. The molecule has 0 bridgehead atoms. The first-order valence-corrected chi connectivity index (χ1v) is 12.7. The van der Waals surface area contributed by atoms with Crippen molar-refractivity contribution >= 4 is 22.6 Å². The van der Waals surface area contributed by atoms with Gasteiger partial charge in [-0.1, -0.05) is 35.4 Å². The lowest BCUT2D eigenvalue weighted by atomic mass is 10.2. The van der Waals surface area contributed by atoms with Crippen molar-refractivity contribution in [2.24, 2.45) is 0 Å². The normalized spacial score (nSPS) is 11.4. The molecule has 9 heteroatoms. The highest BCUT2D eigenvalue weighted by Crippen LogP contribution is 2.02. The highest BCUT2D eigenvalue weighted by molar-refractivity contribution is 14.1. The molecule has 0 aromatic carbocycles. The zero-order valence-corrected chi connectivity index (χ0v) is 21.0. The minimum Gasteiger partial charge on any atom is -0.379 e. The van der Waals surface area contributed by atoms with E-state index in [1.807, 2.05) is 7.05 Å². The van der Waals surface area contributed by atoms with Crippen LogP contribution in [0.3, 0.4) is 0 Å². The average Bonchev–Trinajstić information content (AvgIpc) is 2.76. The standard InChI is InChI=1S/C21H44INO7/c1-23-7-9-25-11-13-27-15-17-29-19-21-30-20-18-28-16-14-26-12-10-24-8-5-3-2-4-6-22/h23H,2-21H2,1H3. The van der Waals surface area contributed by atoms with Crippen LogP contribution in [0.25, 0.3) is 0 Å². The second-order valence-corrected chi connectivity index (χ2v) is 7.57. The van der Waals surface area contributed by atoms with E-state index >= 15 is 0 Å². The third kappa shape index (κ3) is 28.4. The van der Waals surface area contributed by atoms with Gasteiger partial charge in [-0.15, -0.1) is 0 Å². The van der Waals surface area contributed by atoms with E-state index in [1.54, 1.807) is 0 Å². The van der Waals surface area contributed by atoms with Crippen LogP contribution in [0.15, 0.2) is 0 Å². The molecule has 0 aromatic rings. The Labute approximate surface area is 197 Å². The Kier molecular flexibility index (Phi) is 29.8. The molecule has 0 fully saturated rings. The number of alkyl halides is 1. The van der Waals surface area contributed by atoms with Gasteiger partial charge in [-0.2, -0.15) is 0 Å². The monoisotopic (exact) mass is 549 g/mol. The van der Waals surface area contributed by atoms with Crippen LogP contribution < -0.4 is 5.32 Å². The van der Waals surface area contributed by atoms with Gasteiger partial charge in [0.05, 0.1) is 85.9 Å². The van der Waals surface area contributed by atoms with E-state index in [9.17, 15) is 0 Å². The molecule has 182 valence electrons. The number of nitrogens with one attached hydrogen (secondary N) is 1. The topological polar surface area (TPSA) is 76.6 Å². The minimum absolute atomic E-state index is 0.558. The Morgan fingerprint density at radius 1 is 0.433 bits per heavy atom. The lowest BCUT2D eigenvalue weighted by Gasteiger charge is -2.08. The number of hydrogen-bond donors (Lipinski definition) is 1. The van der Waals surface area contributed by atoms with Crippen molar-refractivity contribution in [1.82, 2.24) is 5.32 Å². The SMILES string of the molecule is CNCCOCCOCCOCCOCCOCCOCCOCCCCCCI. The number of ether oxygens (including phenoxy) is 7. The van der Waals surface area contributed by atoms with Crippen LogP contribution in [-0.4, -0.2) is 111 Å². The third-order valence-corrected chi connectivity index (χ3v) is 4.66. The van der Waals surface area contributed by atoms with E-state index < -0.39 is 0 Å². The summed E-state index contributed by atoms with van der Waals surface area (Å²) < 4.78 is 39.3. The van der Waals surface area contributed by atoms with Crippen molar-refractivity contribution in [3.8, 4) is 0 Å². The minimum atomic E-state index is 0.558. The molecule has 0 rings (SSSR count). The van der Waals surface area contributed by atoms with Crippen molar-refractivity contribution in [3.63, 3.8) is 0 Å². The summed E-state index contributed by atoms with van der Waals surface area (Å²) in [5.41, 5.74) is 0. The first kappa shape index (κ1) is 30.4. The quantitative estimate of drug-likeness (QED) is 0.0951. The summed E-state index contributed by atoms with van der Waals surface area (Å²) in [4.78, 5) is 0. The summed E-state index contributed by atoms with van der Waals surface area (Å²) in [7, 11) is 1.90. The Balaban J connectivity index is 2.97. The lowest BCUT2D eigenvalue weighted by molar-refractivity contribution is -0.0204. The average molecular weight is 549 g/mol. The molecule has 30 heavy (non-hydrogen) atoms. The predicted molar refractivity (Wildman–Crippen MR) is 127 cm³/mol. The highest BCUT2D eigenvalue weighted by Gasteiger charge is 1.95. The van der Waals surface area contributed by atoms with Gasteiger partial charge < -0.3 is 38.5 Å². The Bertz CT molecular complexity index is 277. The van der Waals surface area contributed by atoms with E-state index in [0.717, 1.165) is 19.6 Å². The van der Waals surface area contributed by atoms with Gasteiger partial charge in [-0.25, -0.2) is 0 Å². The largest absolute Gasteiger partial charge is 0.379 e. The van der Waals surface area contributed by atoms with Crippen LogP contribution in [0.2, 0.25) is 0 Å². The molecule has 0 aliphatic rings. The zero-order valence-electron chi connectivity index (χ0n) is 18.9. The van der Waals surface area contributed by atoms with E-state index in [-0.39, 0.29) is 0 Å². The second-order valence-electron chi connectivity index (χ2n) is 6.49. The summed E-state index contributed by atoms with van der Waals surface area (Å²) in [6.07, 6.45) is 5.02. The smallest absolute Gasteiger partial charge is 0.0701 e. The number of halogens is 1. The molecular formula is C21H44INO7. The second kappa shape index (κ2) is 29.4. The molecular weight excluding hydrogens is 505 g/mol. The van der Waals surface area contributed by atoms with Crippen molar-refractivity contribution in [2.45, 2.75) is 25.7 Å². The predicted octanol–water partition coefficient (Wildman–Crippen LogP) is 2.32. The van der Waals surface area contributed by atoms with Gasteiger partial charge in [0, 0.05) is 13.2 Å². The van der Waals surface area contributed by atoms with E-state index in [2.05, 4.69) is 27.9 Å². The van der Waals surface area contributed by atoms with Gasteiger partial charge in [0.2, 0.25) is 0 Å². The van der Waals surface area contributed by atoms with E-state index in [4.69, 9.17) is 33.2 Å². The highest BCUT2D eigenvalue weighted by atomic mass is 127. The van der Waals surface area contributed by atoms with Crippen molar-refractivity contribution in [3.05, 3.63) is 0 Å². The van der Waals surface area contributed by atoms with Crippen LogP contribution in [0, 0.1) is 0 Å². The molecule has 1 N–H and O–H groups in total. The number of unbranched alkanes of at least 4 members (excludes halogenated alkanes) is 3. The van der Waals surface area contributed by atoms with Gasteiger partial charge in [-0.3, -0.25) is 0 Å². The van der Waals surface area contributed by atoms with E-state index in [1.165, 1.54) is 23.7 Å². The maximum Gasteiger partial charge on any atom is 0.0701 e. The number of likely N-dealkylation sites (N-methyl/N-ethyl adjacent to an activating group) is 1. The Morgan fingerprint density at radius 2 is 0.767 bits per heavy atom. The Morgan fingerprint density at radius 3 is 1.13 bits per heavy atom.